The molecule has 0 amide bonds. The van der Waals surface area contributed by atoms with Gasteiger partial charge in [0.25, 0.3) is 0 Å². The molecular formula is C21H37N3O. The van der Waals surface area contributed by atoms with E-state index in [9.17, 15) is 5.11 Å². The van der Waals surface area contributed by atoms with E-state index in [2.05, 4.69) is 42.4 Å². The Morgan fingerprint density at radius 3 is 2.16 bits per heavy atom. The van der Waals surface area contributed by atoms with Crippen molar-refractivity contribution in [3.05, 3.63) is 0 Å². The Hall–Kier alpha value is -1.07. The maximum absolute atomic E-state index is 9.32. The first-order valence-corrected chi connectivity index (χ1v) is 9.99. The number of likely N-dealkylation sites (tertiary alicyclic amines) is 2. The van der Waals surface area contributed by atoms with Crippen LogP contribution in [0.1, 0.15) is 66.7 Å². The first-order chi connectivity index (χ1) is 11.9. The van der Waals surface area contributed by atoms with Gasteiger partial charge in [0.15, 0.2) is 5.60 Å². The van der Waals surface area contributed by atoms with E-state index < -0.39 is 5.60 Å². The van der Waals surface area contributed by atoms with Crippen molar-refractivity contribution >= 4 is 0 Å². The smallest absolute Gasteiger partial charge is 0.176 e. The molecule has 0 bridgehead atoms. The van der Waals surface area contributed by atoms with Crippen LogP contribution in [0, 0.1) is 29.1 Å². The SMILES string of the molecule is CC.CCC#CC(C)(C)N1CCCC1.N#CC1(O)CN(CC2CC2)C1. The second-order valence-electron chi connectivity index (χ2n) is 7.66. The van der Waals surface area contributed by atoms with Gasteiger partial charge in [-0.3, -0.25) is 9.80 Å². The van der Waals surface area contributed by atoms with Crippen molar-refractivity contribution in [3.63, 3.8) is 0 Å². The molecule has 2 heterocycles. The number of nitrogens with zero attached hydrogens (tertiary/aromatic N) is 3. The minimum absolute atomic E-state index is 0.104. The number of nitriles is 1. The van der Waals surface area contributed by atoms with Gasteiger partial charge in [-0.05, 0) is 58.5 Å². The zero-order valence-corrected chi connectivity index (χ0v) is 16.9. The number of aliphatic hydroxyl groups is 1. The van der Waals surface area contributed by atoms with Crippen molar-refractivity contribution in [3.8, 4) is 17.9 Å². The molecule has 3 aliphatic rings. The summed E-state index contributed by atoms with van der Waals surface area (Å²) in [6.45, 7) is 15.2. The monoisotopic (exact) mass is 347 g/mol. The highest BCUT2D eigenvalue weighted by molar-refractivity contribution is 5.15. The van der Waals surface area contributed by atoms with Gasteiger partial charge in [-0.1, -0.05) is 26.7 Å². The molecule has 4 heteroatoms. The standard InChI is InChI=1S/C11H19N.C8H12N2O.C2H6/c1-4-5-8-11(2,3)12-9-6-7-10-12;9-4-8(11)5-10(6-8)3-7-1-2-7;1-2/h4,6-7,9-10H2,1-3H3;7,11H,1-3,5-6H2;1-2H3. The minimum atomic E-state index is -1.02. The molecule has 25 heavy (non-hydrogen) atoms. The third-order valence-corrected chi connectivity index (χ3v) is 4.86. The van der Waals surface area contributed by atoms with Crippen molar-refractivity contribution in [2.75, 3.05) is 32.7 Å². The second kappa shape index (κ2) is 10.2. The van der Waals surface area contributed by atoms with Crippen LogP contribution >= 0.6 is 0 Å². The quantitative estimate of drug-likeness (QED) is 0.629. The summed E-state index contributed by atoms with van der Waals surface area (Å²) in [5.74, 6) is 7.36. The summed E-state index contributed by atoms with van der Waals surface area (Å²) in [5.41, 5.74) is -0.915. The average Bonchev–Trinajstić information content (AvgIpc) is 3.22. The van der Waals surface area contributed by atoms with Gasteiger partial charge in [0.2, 0.25) is 0 Å². The number of β-amino-alcohol motifs (C(OH)–C–C–N with tert-alkyl or cyclic N) is 1. The molecule has 0 aromatic rings. The molecule has 142 valence electrons. The molecule has 1 aliphatic carbocycles. The predicted molar refractivity (Wildman–Crippen MR) is 104 cm³/mol. The third-order valence-electron chi connectivity index (χ3n) is 4.86. The van der Waals surface area contributed by atoms with E-state index >= 15 is 0 Å². The summed E-state index contributed by atoms with van der Waals surface area (Å²) in [4.78, 5) is 4.64. The van der Waals surface area contributed by atoms with E-state index in [0.717, 1.165) is 18.9 Å². The summed E-state index contributed by atoms with van der Waals surface area (Å²) in [5, 5.41) is 17.8. The van der Waals surface area contributed by atoms with Crippen LogP contribution in [-0.2, 0) is 0 Å². The van der Waals surface area contributed by atoms with Crippen LogP contribution in [-0.4, -0.2) is 58.8 Å². The first-order valence-electron chi connectivity index (χ1n) is 9.99. The highest BCUT2D eigenvalue weighted by Gasteiger charge is 2.43. The summed E-state index contributed by atoms with van der Waals surface area (Å²) in [6, 6.07) is 1.92. The van der Waals surface area contributed by atoms with Crippen LogP contribution in [0.2, 0.25) is 0 Å². The van der Waals surface area contributed by atoms with Gasteiger partial charge in [-0.2, -0.15) is 5.26 Å². The third kappa shape index (κ3) is 7.37. The van der Waals surface area contributed by atoms with E-state index in [1.807, 2.05) is 19.9 Å². The zero-order valence-electron chi connectivity index (χ0n) is 16.9. The molecule has 0 atom stereocenters. The van der Waals surface area contributed by atoms with E-state index in [-0.39, 0.29) is 5.54 Å². The number of hydrogen-bond acceptors (Lipinski definition) is 4. The Morgan fingerprint density at radius 2 is 1.72 bits per heavy atom. The molecule has 1 saturated carbocycles. The van der Waals surface area contributed by atoms with Gasteiger partial charge in [0.05, 0.1) is 5.54 Å². The maximum Gasteiger partial charge on any atom is 0.176 e. The van der Waals surface area contributed by atoms with Gasteiger partial charge in [-0.15, -0.1) is 5.92 Å². The first kappa shape index (κ1) is 22.0. The molecule has 0 aromatic heterocycles. The Morgan fingerprint density at radius 1 is 1.16 bits per heavy atom. The van der Waals surface area contributed by atoms with E-state index in [0.29, 0.717) is 13.1 Å². The van der Waals surface area contributed by atoms with Crippen LogP contribution in [0.3, 0.4) is 0 Å². The second-order valence-corrected chi connectivity index (χ2v) is 7.66. The van der Waals surface area contributed by atoms with Gasteiger partial charge in [0, 0.05) is 26.1 Å². The van der Waals surface area contributed by atoms with Gasteiger partial charge in [-0.25, -0.2) is 0 Å². The summed E-state index contributed by atoms with van der Waals surface area (Å²) in [7, 11) is 0. The van der Waals surface area contributed by atoms with Crippen molar-refractivity contribution in [2.45, 2.75) is 77.9 Å². The van der Waals surface area contributed by atoms with Gasteiger partial charge >= 0.3 is 0 Å². The molecule has 4 nitrogen and oxygen atoms in total. The van der Waals surface area contributed by atoms with Crippen LogP contribution < -0.4 is 0 Å². The van der Waals surface area contributed by atoms with Crippen LogP contribution in [0.15, 0.2) is 0 Å². The molecule has 3 rings (SSSR count). The van der Waals surface area contributed by atoms with Crippen molar-refractivity contribution < 1.29 is 5.11 Å². The molecule has 0 unspecified atom stereocenters. The van der Waals surface area contributed by atoms with E-state index in [1.165, 1.54) is 38.8 Å². The van der Waals surface area contributed by atoms with Gasteiger partial charge in [0.1, 0.15) is 6.07 Å². The number of rotatable bonds is 3. The average molecular weight is 348 g/mol. The molecule has 0 radical (unpaired) electrons. The Kier molecular flexibility index (Phi) is 8.94. The predicted octanol–water partition coefficient (Wildman–Crippen LogP) is 3.27. The van der Waals surface area contributed by atoms with Crippen molar-refractivity contribution in [2.24, 2.45) is 5.92 Å². The Balaban J connectivity index is 0.000000228. The van der Waals surface area contributed by atoms with Crippen LogP contribution in [0.25, 0.3) is 0 Å². The zero-order chi connectivity index (χ0) is 18.9. The lowest BCUT2D eigenvalue weighted by Gasteiger charge is -2.41. The lowest BCUT2D eigenvalue weighted by Crippen LogP contribution is -2.61. The highest BCUT2D eigenvalue weighted by Crippen LogP contribution is 2.32. The lowest BCUT2D eigenvalue weighted by atomic mass is 9.96. The fourth-order valence-electron chi connectivity index (χ4n) is 3.22. The largest absolute Gasteiger partial charge is 0.373 e. The summed E-state index contributed by atoms with van der Waals surface area (Å²) >= 11 is 0. The molecule has 3 fully saturated rings. The normalized spacial score (nSPS) is 22.1. The fraction of sp³-hybridized carbons (Fsp3) is 0.857. The molecule has 2 saturated heterocycles. The number of hydrogen-bond donors (Lipinski definition) is 1. The molecule has 0 aromatic carbocycles. The van der Waals surface area contributed by atoms with Crippen LogP contribution in [0.5, 0.6) is 0 Å². The maximum atomic E-state index is 9.32. The van der Waals surface area contributed by atoms with Crippen LogP contribution in [0.4, 0.5) is 0 Å². The van der Waals surface area contributed by atoms with Gasteiger partial charge < -0.3 is 5.11 Å². The Bertz CT molecular complexity index is 481. The molecule has 0 spiro atoms. The summed E-state index contributed by atoms with van der Waals surface area (Å²) < 4.78 is 0. The lowest BCUT2D eigenvalue weighted by molar-refractivity contribution is -0.0562. The molecular weight excluding hydrogens is 310 g/mol. The highest BCUT2D eigenvalue weighted by atomic mass is 16.3. The molecule has 2 aliphatic heterocycles. The topological polar surface area (TPSA) is 50.5 Å². The fourth-order valence-corrected chi connectivity index (χ4v) is 3.22. The molecule has 1 N–H and O–H groups in total. The summed E-state index contributed by atoms with van der Waals surface area (Å²) in [6.07, 6.45) is 6.33. The van der Waals surface area contributed by atoms with Crippen molar-refractivity contribution in [1.29, 1.82) is 5.26 Å². The Labute approximate surface area is 155 Å². The minimum Gasteiger partial charge on any atom is -0.373 e. The van der Waals surface area contributed by atoms with E-state index in [1.54, 1.807) is 0 Å². The van der Waals surface area contributed by atoms with E-state index in [4.69, 9.17) is 5.26 Å². The van der Waals surface area contributed by atoms with Crippen molar-refractivity contribution in [1.82, 2.24) is 9.80 Å².